The monoisotopic (exact) mass is 456 g/mol. The molecule has 0 aromatic heterocycles. The van der Waals surface area contributed by atoms with Crippen LogP contribution in [-0.4, -0.2) is 66.4 Å². The topological polar surface area (TPSA) is 64.7 Å². The molecule has 4 rings (SSSR count). The van der Waals surface area contributed by atoms with Crippen LogP contribution in [0.2, 0.25) is 0 Å². The van der Waals surface area contributed by atoms with Crippen LogP contribution >= 0.6 is 24.8 Å². The average Bonchev–Trinajstić information content (AvgIpc) is 3.06. The van der Waals surface area contributed by atoms with Crippen LogP contribution in [0.25, 0.3) is 0 Å². The molecule has 0 radical (unpaired) electrons. The Morgan fingerprint density at radius 1 is 0.967 bits per heavy atom. The number of benzene rings is 1. The van der Waals surface area contributed by atoms with Crippen molar-refractivity contribution in [2.75, 3.05) is 32.7 Å². The largest absolute Gasteiger partial charge is 0.351 e. The van der Waals surface area contributed by atoms with Crippen molar-refractivity contribution in [1.82, 2.24) is 20.4 Å². The Balaban J connectivity index is 0.00000160. The SMILES string of the molecule is Cl.Cl.O=C(CN1CCN(C(=O)CC2CC3CCC(C2)N3)CC1)NCc1ccccc1. The van der Waals surface area contributed by atoms with Gasteiger partial charge in [-0.25, -0.2) is 0 Å². The third kappa shape index (κ3) is 6.84. The van der Waals surface area contributed by atoms with Gasteiger partial charge in [-0.15, -0.1) is 24.8 Å². The first-order valence-electron chi connectivity index (χ1n) is 10.7. The lowest BCUT2D eigenvalue weighted by molar-refractivity contribution is -0.134. The molecule has 3 saturated heterocycles. The molecule has 3 aliphatic heterocycles. The van der Waals surface area contributed by atoms with Crippen LogP contribution in [0.4, 0.5) is 0 Å². The van der Waals surface area contributed by atoms with Gasteiger partial charge in [0.05, 0.1) is 6.54 Å². The van der Waals surface area contributed by atoms with Crippen LogP contribution in [0.15, 0.2) is 30.3 Å². The molecule has 3 aliphatic rings. The van der Waals surface area contributed by atoms with Crippen LogP contribution in [0, 0.1) is 5.92 Å². The molecule has 1 aromatic rings. The first-order chi connectivity index (χ1) is 13.7. The van der Waals surface area contributed by atoms with E-state index in [1.165, 1.54) is 12.8 Å². The summed E-state index contributed by atoms with van der Waals surface area (Å²) in [5.41, 5.74) is 1.11. The summed E-state index contributed by atoms with van der Waals surface area (Å²) in [5, 5.41) is 6.63. The second-order valence-electron chi connectivity index (χ2n) is 8.60. The molecule has 2 unspecified atom stereocenters. The minimum atomic E-state index is 0. The van der Waals surface area contributed by atoms with Crippen molar-refractivity contribution in [3.8, 4) is 0 Å². The zero-order chi connectivity index (χ0) is 19.3. The minimum Gasteiger partial charge on any atom is -0.351 e. The summed E-state index contributed by atoms with van der Waals surface area (Å²) < 4.78 is 0. The first kappa shape index (κ1) is 24.9. The van der Waals surface area contributed by atoms with E-state index >= 15 is 0 Å². The summed E-state index contributed by atoms with van der Waals surface area (Å²) in [7, 11) is 0. The fraction of sp³-hybridized carbons (Fsp3) is 0.636. The highest BCUT2D eigenvalue weighted by Crippen LogP contribution is 2.33. The normalized spacial score (nSPS) is 25.7. The van der Waals surface area contributed by atoms with Crippen LogP contribution in [0.5, 0.6) is 0 Å². The number of carbonyl (C=O) groups is 2. The third-order valence-corrected chi connectivity index (χ3v) is 6.46. The van der Waals surface area contributed by atoms with Crippen molar-refractivity contribution in [2.24, 2.45) is 5.92 Å². The van der Waals surface area contributed by atoms with Gasteiger partial charge < -0.3 is 15.5 Å². The van der Waals surface area contributed by atoms with Gasteiger partial charge in [0.1, 0.15) is 0 Å². The van der Waals surface area contributed by atoms with Gasteiger partial charge in [-0.2, -0.15) is 0 Å². The quantitative estimate of drug-likeness (QED) is 0.688. The number of fused-ring (bicyclic) bond motifs is 2. The van der Waals surface area contributed by atoms with Crippen LogP contribution in [-0.2, 0) is 16.1 Å². The molecule has 0 aliphatic carbocycles. The number of amides is 2. The molecule has 0 saturated carbocycles. The molecule has 2 amide bonds. The zero-order valence-electron chi connectivity index (χ0n) is 17.4. The van der Waals surface area contributed by atoms with Gasteiger partial charge in [0, 0.05) is 51.2 Å². The van der Waals surface area contributed by atoms with Crippen molar-refractivity contribution >= 4 is 36.6 Å². The molecule has 2 atom stereocenters. The molecule has 6 nitrogen and oxygen atoms in total. The van der Waals surface area contributed by atoms with Crippen molar-refractivity contribution in [3.63, 3.8) is 0 Å². The summed E-state index contributed by atoms with van der Waals surface area (Å²) in [6, 6.07) is 11.2. The summed E-state index contributed by atoms with van der Waals surface area (Å²) in [5.74, 6) is 0.904. The second kappa shape index (κ2) is 11.9. The Hall–Kier alpha value is -1.34. The van der Waals surface area contributed by atoms with Gasteiger partial charge in [0.15, 0.2) is 0 Å². The zero-order valence-corrected chi connectivity index (χ0v) is 19.1. The number of rotatable bonds is 6. The van der Waals surface area contributed by atoms with Crippen molar-refractivity contribution in [1.29, 1.82) is 0 Å². The van der Waals surface area contributed by atoms with Crippen molar-refractivity contribution < 1.29 is 9.59 Å². The number of hydrogen-bond acceptors (Lipinski definition) is 4. The summed E-state index contributed by atoms with van der Waals surface area (Å²) in [6.07, 6.45) is 5.57. The molecule has 3 fully saturated rings. The lowest BCUT2D eigenvalue weighted by atomic mass is 9.89. The van der Waals surface area contributed by atoms with E-state index in [-0.39, 0.29) is 30.7 Å². The molecule has 2 bridgehead atoms. The van der Waals surface area contributed by atoms with Crippen molar-refractivity contribution in [3.05, 3.63) is 35.9 Å². The Kier molecular flexibility index (Phi) is 9.88. The standard InChI is InChI=1S/C22H32N4O2.2ClH/c27-21(23-15-17-4-2-1-3-5-17)16-25-8-10-26(11-9-25)22(28)14-18-12-19-6-7-20(13-18)24-19;;/h1-5,18-20,24H,6-16H2,(H,23,27);2*1H. The average molecular weight is 457 g/mol. The van der Waals surface area contributed by atoms with E-state index in [0.717, 1.165) is 44.6 Å². The van der Waals surface area contributed by atoms with E-state index in [4.69, 9.17) is 0 Å². The van der Waals surface area contributed by atoms with Crippen LogP contribution in [0.3, 0.4) is 0 Å². The molecule has 30 heavy (non-hydrogen) atoms. The van der Waals surface area contributed by atoms with E-state index in [1.807, 2.05) is 35.2 Å². The highest BCUT2D eigenvalue weighted by Gasteiger charge is 2.35. The van der Waals surface area contributed by atoms with Gasteiger partial charge >= 0.3 is 0 Å². The molecule has 168 valence electrons. The molecular formula is C22H34Cl2N4O2. The Labute approximate surface area is 192 Å². The van der Waals surface area contributed by atoms with Gasteiger partial charge in [-0.1, -0.05) is 30.3 Å². The maximum Gasteiger partial charge on any atom is 0.234 e. The van der Waals surface area contributed by atoms with Crippen LogP contribution < -0.4 is 10.6 Å². The molecule has 2 N–H and O–H groups in total. The Bertz CT molecular complexity index is 671. The van der Waals surface area contributed by atoms with E-state index in [0.29, 0.717) is 43.4 Å². The highest BCUT2D eigenvalue weighted by atomic mass is 35.5. The summed E-state index contributed by atoms with van der Waals surface area (Å²) >= 11 is 0. The lowest BCUT2D eigenvalue weighted by Crippen LogP contribution is -2.51. The smallest absolute Gasteiger partial charge is 0.234 e. The molecule has 0 spiro atoms. The number of hydrogen-bond donors (Lipinski definition) is 2. The van der Waals surface area contributed by atoms with Crippen LogP contribution in [0.1, 0.15) is 37.7 Å². The third-order valence-electron chi connectivity index (χ3n) is 6.46. The van der Waals surface area contributed by atoms with E-state index in [9.17, 15) is 9.59 Å². The number of piperazine rings is 1. The molecular weight excluding hydrogens is 423 g/mol. The Morgan fingerprint density at radius 3 is 2.23 bits per heavy atom. The highest BCUT2D eigenvalue weighted by molar-refractivity contribution is 5.85. The fourth-order valence-corrected chi connectivity index (χ4v) is 4.93. The van der Waals surface area contributed by atoms with E-state index in [1.54, 1.807) is 0 Å². The Morgan fingerprint density at radius 2 is 1.60 bits per heavy atom. The van der Waals surface area contributed by atoms with Gasteiger partial charge in [0.25, 0.3) is 0 Å². The number of nitrogens with one attached hydrogen (secondary N) is 2. The number of halogens is 2. The maximum absolute atomic E-state index is 12.7. The lowest BCUT2D eigenvalue weighted by Gasteiger charge is -2.36. The molecule has 3 heterocycles. The fourth-order valence-electron chi connectivity index (χ4n) is 4.93. The first-order valence-corrected chi connectivity index (χ1v) is 10.7. The predicted octanol–water partition coefficient (Wildman–Crippen LogP) is 2.21. The predicted molar refractivity (Wildman–Crippen MR) is 123 cm³/mol. The summed E-state index contributed by atoms with van der Waals surface area (Å²) in [6.45, 7) is 4.01. The van der Waals surface area contributed by atoms with E-state index in [2.05, 4.69) is 15.5 Å². The second-order valence-corrected chi connectivity index (χ2v) is 8.60. The number of piperidine rings is 1. The van der Waals surface area contributed by atoms with Gasteiger partial charge in [0.2, 0.25) is 11.8 Å². The van der Waals surface area contributed by atoms with Gasteiger partial charge in [-0.05, 0) is 37.2 Å². The minimum absolute atomic E-state index is 0. The number of nitrogens with zero attached hydrogens (tertiary/aromatic N) is 2. The van der Waals surface area contributed by atoms with E-state index < -0.39 is 0 Å². The molecule has 8 heteroatoms. The number of carbonyl (C=O) groups excluding carboxylic acids is 2. The van der Waals surface area contributed by atoms with Crippen molar-refractivity contribution in [2.45, 2.75) is 50.7 Å². The summed E-state index contributed by atoms with van der Waals surface area (Å²) in [4.78, 5) is 29.0. The van der Waals surface area contributed by atoms with Gasteiger partial charge in [-0.3, -0.25) is 14.5 Å². The molecule has 1 aromatic carbocycles. The maximum atomic E-state index is 12.7.